The quantitative estimate of drug-likeness (QED) is 0.676. The number of hydrogen-bond donors (Lipinski definition) is 1. The molecule has 0 aliphatic carbocycles. The number of carbonyl (C=O) groups excluding carboxylic acids is 2. The Morgan fingerprint density at radius 1 is 1.33 bits per heavy atom. The first kappa shape index (κ1) is 17.9. The van der Waals surface area contributed by atoms with E-state index in [1.54, 1.807) is 18.2 Å². The Morgan fingerprint density at radius 2 is 2.08 bits per heavy atom. The van der Waals surface area contributed by atoms with E-state index in [9.17, 15) is 19.5 Å². The molecular weight excluding hydrogens is 334 g/mol. The van der Waals surface area contributed by atoms with Crippen molar-refractivity contribution in [2.24, 2.45) is 0 Å². The van der Waals surface area contributed by atoms with E-state index < -0.39 is 23.5 Å². The summed E-state index contributed by atoms with van der Waals surface area (Å²) in [6.07, 6.45) is 2.12. The summed E-state index contributed by atoms with van der Waals surface area (Å²) in [6, 6.07) is 6.68. The standard InChI is InChI=1S/C16H17NO6S/c1-24-7-6-12(16(20)21)17-14(18)9-22-11-4-2-10-3-5-15(19)23-13(10)8-11/h2-5,8,12H,6-7,9H2,1H3,(H,17,18)(H,20,21)/p-1/t12-/m0/s1. The molecule has 2 rings (SSSR count). The molecule has 0 unspecified atom stereocenters. The minimum atomic E-state index is -1.33. The van der Waals surface area contributed by atoms with Crippen LogP contribution in [0.25, 0.3) is 11.0 Å². The molecule has 0 aliphatic heterocycles. The second kappa shape index (κ2) is 8.39. The van der Waals surface area contributed by atoms with Crippen LogP contribution < -0.4 is 20.8 Å². The number of nitrogens with one attached hydrogen (secondary N) is 1. The molecule has 1 atom stereocenters. The van der Waals surface area contributed by atoms with Crippen molar-refractivity contribution in [2.75, 3.05) is 18.6 Å². The van der Waals surface area contributed by atoms with Gasteiger partial charge in [-0.25, -0.2) is 4.79 Å². The van der Waals surface area contributed by atoms with Gasteiger partial charge < -0.3 is 24.4 Å². The van der Waals surface area contributed by atoms with Gasteiger partial charge in [-0.15, -0.1) is 0 Å². The van der Waals surface area contributed by atoms with Crippen LogP contribution in [-0.4, -0.2) is 36.5 Å². The second-order valence-electron chi connectivity index (χ2n) is 4.96. The van der Waals surface area contributed by atoms with Gasteiger partial charge in [0.2, 0.25) is 0 Å². The third-order valence-corrected chi connectivity index (χ3v) is 3.84. The highest BCUT2D eigenvalue weighted by Gasteiger charge is 2.13. The molecule has 0 radical (unpaired) electrons. The average molecular weight is 350 g/mol. The van der Waals surface area contributed by atoms with Crippen LogP contribution >= 0.6 is 11.8 Å². The van der Waals surface area contributed by atoms with Gasteiger partial charge in [-0.05, 0) is 36.6 Å². The van der Waals surface area contributed by atoms with Crippen molar-refractivity contribution >= 4 is 34.6 Å². The van der Waals surface area contributed by atoms with Gasteiger partial charge in [0.05, 0.1) is 12.0 Å². The van der Waals surface area contributed by atoms with E-state index in [1.165, 1.54) is 23.9 Å². The fourth-order valence-corrected chi connectivity index (χ4v) is 2.47. The van der Waals surface area contributed by atoms with Gasteiger partial charge in [0.1, 0.15) is 11.3 Å². The van der Waals surface area contributed by atoms with Gasteiger partial charge in [0.25, 0.3) is 5.91 Å². The maximum absolute atomic E-state index is 11.8. The molecule has 1 heterocycles. The van der Waals surface area contributed by atoms with Crippen LogP contribution in [-0.2, 0) is 9.59 Å². The van der Waals surface area contributed by atoms with Crippen LogP contribution in [0.2, 0.25) is 0 Å². The van der Waals surface area contributed by atoms with Crippen LogP contribution in [0.15, 0.2) is 39.5 Å². The molecule has 0 fully saturated rings. The maximum atomic E-state index is 11.8. The van der Waals surface area contributed by atoms with Gasteiger partial charge in [0.15, 0.2) is 6.61 Å². The molecule has 128 valence electrons. The molecule has 0 bridgehead atoms. The summed E-state index contributed by atoms with van der Waals surface area (Å²) in [6.45, 7) is -0.356. The Balaban J connectivity index is 1.95. The number of ether oxygens (including phenoxy) is 1. The van der Waals surface area contributed by atoms with E-state index in [-0.39, 0.29) is 13.0 Å². The molecule has 1 N–H and O–H groups in total. The predicted molar refractivity (Wildman–Crippen MR) is 87.9 cm³/mol. The summed E-state index contributed by atoms with van der Waals surface area (Å²) in [4.78, 5) is 34.0. The maximum Gasteiger partial charge on any atom is 0.336 e. The van der Waals surface area contributed by atoms with Gasteiger partial charge in [-0.2, -0.15) is 11.8 Å². The van der Waals surface area contributed by atoms with Crippen molar-refractivity contribution in [3.05, 3.63) is 40.8 Å². The van der Waals surface area contributed by atoms with Gasteiger partial charge >= 0.3 is 5.63 Å². The highest BCUT2D eigenvalue weighted by Crippen LogP contribution is 2.19. The molecule has 0 spiro atoms. The number of fused-ring (bicyclic) bond motifs is 1. The summed E-state index contributed by atoms with van der Waals surface area (Å²) in [5.41, 5.74) is -0.143. The fraction of sp³-hybridized carbons (Fsp3) is 0.312. The minimum absolute atomic E-state index is 0.274. The molecule has 2 aromatic rings. The fourth-order valence-electron chi connectivity index (χ4n) is 2.00. The molecule has 24 heavy (non-hydrogen) atoms. The molecule has 1 amide bonds. The van der Waals surface area contributed by atoms with E-state index in [4.69, 9.17) is 9.15 Å². The number of hydrogen-bond acceptors (Lipinski definition) is 7. The first-order chi connectivity index (χ1) is 11.5. The lowest BCUT2D eigenvalue weighted by Gasteiger charge is -2.19. The number of amides is 1. The lowest BCUT2D eigenvalue weighted by molar-refractivity contribution is -0.308. The first-order valence-electron chi connectivity index (χ1n) is 7.15. The Kier molecular flexibility index (Phi) is 6.25. The van der Waals surface area contributed by atoms with Crippen LogP contribution in [0.4, 0.5) is 0 Å². The molecule has 8 heteroatoms. The molecular formula is C16H16NO6S-. The molecule has 0 saturated heterocycles. The lowest BCUT2D eigenvalue weighted by atomic mass is 10.2. The van der Waals surface area contributed by atoms with Crippen LogP contribution in [0.5, 0.6) is 5.75 Å². The zero-order chi connectivity index (χ0) is 17.5. The number of carboxylic acid groups (broad SMARTS) is 1. The lowest BCUT2D eigenvalue weighted by Crippen LogP contribution is -2.49. The number of aliphatic carboxylic acids is 1. The summed E-state index contributed by atoms with van der Waals surface area (Å²) in [5.74, 6) is -0.977. The normalized spacial score (nSPS) is 11.9. The van der Waals surface area contributed by atoms with Crippen molar-refractivity contribution in [1.82, 2.24) is 5.32 Å². The van der Waals surface area contributed by atoms with Crippen molar-refractivity contribution in [1.29, 1.82) is 0 Å². The van der Waals surface area contributed by atoms with Crippen molar-refractivity contribution in [2.45, 2.75) is 12.5 Å². The number of carboxylic acids is 1. The summed E-state index contributed by atoms with van der Waals surface area (Å²) < 4.78 is 10.3. The van der Waals surface area contributed by atoms with Crippen LogP contribution in [0.3, 0.4) is 0 Å². The minimum Gasteiger partial charge on any atom is -0.548 e. The average Bonchev–Trinajstić information content (AvgIpc) is 2.56. The molecule has 1 aromatic heterocycles. The van der Waals surface area contributed by atoms with Gasteiger partial charge in [-0.1, -0.05) is 0 Å². The van der Waals surface area contributed by atoms with Gasteiger partial charge in [-0.3, -0.25) is 4.79 Å². The third-order valence-electron chi connectivity index (χ3n) is 3.19. The van der Waals surface area contributed by atoms with E-state index in [2.05, 4.69) is 5.32 Å². The molecule has 7 nitrogen and oxygen atoms in total. The predicted octanol–water partition coefficient (Wildman–Crippen LogP) is 0.160. The number of benzene rings is 1. The molecule has 0 aliphatic rings. The number of thioether (sulfide) groups is 1. The van der Waals surface area contributed by atoms with E-state index in [0.717, 1.165) is 5.39 Å². The summed E-state index contributed by atoms with van der Waals surface area (Å²) in [7, 11) is 0. The second-order valence-corrected chi connectivity index (χ2v) is 5.95. The highest BCUT2D eigenvalue weighted by molar-refractivity contribution is 7.98. The Morgan fingerprint density at radius 3 is 2.79 bits per heavy atom. The summed E-state index contributed by atoms with van der Waals surface area (Å²) in [5, 5.41) is 14.1. The van der Waals surface area contributed by atoms with Crippen LogP contribution in [0, 0.1) is 0 Å². The third kappa shape index (κ3) is 5.02. The SMILES string of the molecule is CSCC[C@H](NC(=O)COc1ccc2ccc(=O)oc2c1)C(=O)[O-]. The monoisotopic (exact) mass is 350 g/mol. The number of carbonyl (C=O) groups is 2. The van der Waals surface area contributed by atoms with Crippen molar-refractivity contribution in [3.63, 3.8) is 0 Å². The van der Waals surface area contributed by atoms with E-state index in [1.807, 2.05) is 6.26 Å². The van der Waals surface area contributed by atoms with E-state index in [0.29, 0.717) is 17.1 Å². The topological polar surface area (TPSA) is 109 Å². The smallest absolute Gasteiger partial charge is 0.336 e. The number of rotatable bonds is 8. The highest BCUT2D eigenvalue weighted by atomic mass is 32.2. The Hall–Kier alpha value is -2.48. The zero-order valence-corrected chi connectivity index (χ0v) is 13.8. The Labute approximate surface area is 142 Å². The summed E-state index contributed by atoms with van der Waals surface area (Å²) >= 11 is 1.48. The molecule has 1 aromatic carbocycles. The largest absolute Gasteiger partial charge is 0.548 e. The van der Waals surface area contributed by atoms with Crippen molar-refractivity contribution in [3.8, 4) is 5.75 Å². The zero-order valence-electron chi connectivity index (χ0n) is 12.9. The van der Waals surface area contributed by atoms with Crippen LogP contribution in [0.1, 0.15) is 6.42 Å². The molecule has 0 saturated carbocycles. The first-order valence-corrected chi connectivity index (χ1v) is 8.55. The van der Waals surface area contributed by atoms with E-state index >= 15 is 0 Å². The Bertz CT molecular complexity index is 787. The van der Waals surface area contributed by atoms with Crippen molar-refractivity contribution < 1.29 is 23.8 Å². The van der Waals surface area contributed by atoms with Gasteiger partial charge in [0, 0.05) is 17.5 Å².